The number of urea groups is 1. The van der Waals surface area contributed by atoms with Crippen LogP contribution in [-0.4, -0.2) is 17.1 Å². The van der Waals surface area contributed by atoms with Gasteiger partial charge in [0, 0.05) is 12.0 Å². The molecule has 3 rings (SSSR count). The van der Waals surface area contributed by atoms with Crippen molar-refractivity contribution in [2.45, 2.75) is 25.4 Å². The number of primary amides is 1. The van der Waals surface area contributed by atoms with E-state index in [1.807, 2.05) is 12.1 Å². The first kappa shape index (κ1) is 15.9. The van der Waals surface area contributed by atoms with Crippen molar-refractivity contribution in [3.05, 3.63) is 59.2 Å². The fraction of sp³-hybridized carbons (Fsp3) is 0.222. The zero-order valence-corrected chi connectivity index (χ0v) is 13.2. The zero-order chi connectivity index (χ0) is 17.3. The predicted molar refractivity (Wildman–Crippen MR) is 89.1 cm³/mol. The van der Waals surface area contributed by atoms with Crippen molar-refractivity contribution in [2.24, 2.45) is 5.73 Å². The van der Waals surface area contributed by atoms with E-state index in [1.165, 1.54) is 0 Å². The van der Waals surface area contributed by atoms with Gasteiger partial charge in [-0.05, 0) is 30.5 Å². The highest BCUT2D eigenvalue weighted by Crippen LogP contribution is 2.43. The number of aryl methyl sites for hydroxylation is 2. The summed E-state index contributed by atoms with van der Waals surface area (Å²) < 4.78 is 5.95. The molecule has 6 heteroatoms. The van der Waals surface area contributed by atoms with Crippen LogP contribution in [0.4, 0.5) is 10.5 Å². The van der Waals surface area contributed by atoms with Crippen LogP contribution in [0.15, 0.2) is 42.5 Å². The first-order valence-electron chi connectivity index (χ1n) is 7.61. The van der Waals surface area contributed by atoms with Gasteiger partial charge in [0.1, 0.15) is 5.75 Å². The maximum atomic E-state index is 12.2. The normalized spacial score (nSPS) is 19.0. The number of rotatable bonds is 3. The standard InChI is InChI=1S/C18H18N2O4/c1-11-5-4-7-13(15(11)20-17(19)23)18(16(21)22)10-9-12-6-2-3-8-14(12)24-18/h2-8H,9-10H2,1H3,(H,21,22)(H3,19,20,23). The average Bonchev–Trinajstić information content (AvgIpc) is 2.55. The van der Waals surface area contributed by atoms with E-state index in [1.54, 1.807) is 37.3 Å². The molecule has 1 atom stereocenters. The molecule has 0 aliphatic carbocycles. The molecule has 0 saturated carbocycles. The molecule has 0 fully saturated rings. The minimum atomic E-state index is -1.57. The van der Waals surface area contributed by atoms with Crippen LogP contribution in [-0.2, 0) is 16.8 Å². The van der Waals surface area contributed by atoms with Crippen LogP contribution in [0.5, 0.6) is 5.75 Å². The van der Waals surface area contributed by atoms with Crippen molar-refractivity contribution in [3.63, 3.8) is 0 Å². The van der Waals surface area contributed by atoms with E-state index in [0.717, 1.165) is 11.1 Å². The summed E-state index contributed by atoms with van der Waals surface area (Å²) in [7, 11) is 0. The summed E-state index contributed by atoms with van der Waals surface area (Å²) >= 11 is 0. The van der Waals surface area contributed by atoms with Gasteiger partial charge >= 0.3 is 12.0 Å². The number of aliphatic carboxylic acids is 1. The first-order chi connectivity index (χ1) is 11.4. The molecule has 1 unspecified atom stereocenters. The maximum Gasteiger partial charge on any atom is 0.352 e. The molecule has 0 saturated heterocycles. The lowest BCUT2D eigenvalue weighted by molar-refractivity contribution is -0.158. The van der Waals surface area contributed by atoms with Gasteiger partial charge in [-0.2, -0.15) is 0 Å². The van der Waals surface area contributed by atoms with Gasteiger partial charge in [-0.1, -0.05) is 36.4 Å². The topological polar surface area (TPSA) is 102 Å². The maximum absolute atomic E-state index is 12.2. The number of ether oxygens (including phenoxy) is 1. The van der Waals surface area contributed by atoms with Gasteiger partial charge in [0.25, 0.3) is 0 Å². The molecule has 2 amide bonds. The monoisotopic (exact) mass is 326 g/mol. The highest BCUT2D eigenvalue weighted by Gasteiger charge is 2.47. The number of nitrogens with one attached hydrogen (secondary N) is 1. The lowest BCUT2D eigenvalue weighted by Gasteiger charge is -2.36. The van der Waals surface area contributed by atoms with Crippen molar-refractivity contribution in [2.75, 3.05) is 5.32 Å². The van der Waals surface area contributed by atoms with Crippen LogP contribution in [0.25, 0.3) is 0 Å². The third kappa shape index (κ3) is 2.56. The van der Waals surface area contributed by atoms with E-state index in [-0.39, 0.29) is 6.42 Å². The number of carboxylic acid groups (broad SMARTS) is 1. The molecule has 24 heavy (non-hydrogen) atoms. The Balaban J connectivity index is 2.16. The average molecular weight is 326 g/mol. The largest absolute Gasteiger partial charge is 0.478 e. The molecule has 0 aromatic heterocycles. The van der Waals surface area contributed by atoms with Gasteiger partial charge in [0.2, 0.25) is 5.60 Å². The van der Waals surface area contributed by atoms with Gasteiger partial charge in [0.15, 0.2) is 0 Å². The summed E-state index contributed by atoms with van der Waals surface area (Å²) in [6.07, 6.45) is 0.822. The summed E-state index contributed by atoms with van der Waals surface area (Å²) in [6.45, 7) is 1.78. The van der Waals surface area contributed by atoms with Gasteiger partial charge in [-0.15, -0.1) is 0 Å². The molecule has 1 aliphatic rings. The number of carbonyl (C=O) groups excluding carboxylic acids is 1. The second-order valence-electron chi connectivity index (χ2n) is 5.83. The fourth-order valence-electron chi connectivity index (χ4n) is 3.11. The van der Waals surface area contributed by atoms with E-state index in [0.29, 0.717) is 23.4 Å². The lowest BCUT2D eigenvalue weighted by atomic mass is 9.83. The van der Waals surface area contributed by atoms with Crippen LogP contribution in [0.2, 0.25) is 0 Å². The molecule has 2 aromatic carbocycles. The van der Waals surface area contributed by atoms with E-state index in [9.17, 15) is 14.7 Å². The van der Waals surface area contributed by atoms with Gasteiger partial charge in [-0.25, -0.2) is 9.59 Å². The Morgan fingerprint density at radius 1 is 1.21 bits per heavy atom. The minimum Gasteiger partial charge on any atom is -0.478 e. The summed E-state index contributed by atoms with van der Waals surface area (Å²) in [5, 5.41) is 12.5. The van der Waals surface area contributed by atoms with Crippen LogP contribution >= 0.6 is 0 Å². The van der Waals surface area contributed by atoms with E-state index < -0.39 is 17.6 Å². The number of para-hydroxylation sites is 2. The molecule has 0 spiro atoms. The van der Waals surface area contributed by atoms with Crippen molar-refractivity contribution in [1.82, 2.24) is 0 Å². The Morgan fingerprint density at radius 3 is 2.67 bits per heavy atom. The summed E-state index contributed by atoms with van der Waals surface area (Å²) in [4.78, 5) is 23.5. The van der Waals surface area contributed by atoms with Crippen LogP contribution < -0.4 is 15.8 Å². The van der Waals surface area contributed by atoms with Crippen molar-refractivity contribution in [3.8, 4) is 5.75 Å². The molecule has 0 radical (unpaired) electrons. The highest BCUT2D eigenvalue weighted by atomic mass is 16.5. The third-order valence-electron chi connectivity index (χ3n) is 4.30. The highest BCUT2D eigenvalue weighted by molar-refractivity contribution is 5.92. The Bertz CT molecular complexity index is 818. The number of nitrogens with two attached hydrogens (primary N) is 1. The molecule has 0 bridgehead atoms. The molecular weight excluding hydrogens is 308 g/mol. The Morgan fingerprint density at radius 2 is 1.96 bits per heavy atom. The van der Waals surface area contributed by atoms with Crippen molar-refractivity contribution >= 4 is 17.7 Å². The Kier molecular flexibility index (Phi) is 3.89. The number of carbonyl (C=O) groups is 2. The summed E-state index contributed by atoms with van der Waals surface area (Å²) in [5.74, 6) is -0.562. The molecule has 6 nitrogen and oxygen atoms in total. The smallest absolute Gasteiger partial charge is 0.352 e. The van der Waals surface area contributed by atoms with Crippen LogP contribution in [0, 0.1) is 6.92 Å². The Labute approximate surface area is 139 Å². The van der Waals surface area contributed by atoms with Crippen LogP contribution in [0.1, 0.15) is 23.1 Å². The second kappa shape index (κ2) is 5.88. The number of hydrogen-bond donors (Lipinski definition) is 3. The SMILES string of the molecule is Cc1cccc(C2(C(=O)O)CCc3ccccc3O2)c1NC(N)=O. The third-order valence-corrected chi connectivity index (χ3v) is 4.30. The number of fused-ring (bicyclic) bond motifs is 1. The summed E-state index contributed by atoms with van der Waals surface area (Å²) in [5.41, 5.74) is 6.13. The van der Waals surface area contributed by atoms with Gasteiger partial charge < -0.3 is 20.9 Å². The molecule has 2 aromatic rings. The second-order valence-corrected chi connectivity index (χ2v) is 5.83. The lowest BCUT2D eigenvalue weighted by Crippen LogP contribution is -2.45. The first-order valence-corrected chi connectivity index (χ1v) is 7.61. The number of hydrogen-bond acceptors (Lipinski definition) is 3. The van der Waals surface area contributed by atoms with E-state index >= 15 is 0 Å². The van der Waals surface area contributed by atoms with Crippen LogP contribution in [0.3, 0.4) is 0 Å². The molecule has 4 N–H and O–H groups in total. The van der Waals surface area contributed by atoms with E-state index in [4.69, 9.17) is 10.5 Å². The van der Waals surface area contributed by atoms with Crippen molar-refractivity contribution < 1.29 is 19.4 Å². The molecule has 124 valence electrons. The minimum absolute atomic E-state index is 0.260. The number of benzene rings is 2. The van der Waals surface area contributed by atoms with Crippen molar-refractivity contribution in [1.29, 1.82) is 0 Å². The Hall–Kier alpha value is -3.02. The predicted octanol–water partition coefficient (Wildman–Crippen LogP) is 2.79. The number of amides is 2. The fourth-order valence-corrected chi connectivity index (χ4v) is 3.11. The molecular formula is C18H18N2O4. The zero-order valence-electron chi connectivity index (χ0n) is 13.2. The quantitative estimate of drug-likeness (QED) is 0.807. The van der Waals surface area contributed by atoms with Gasteiger partial charge in [-0.3, -0.25) is 0 Å². The van der Waals surface area contributed by atoms with E-state index in [2.05, 4.69) is 5.32 Å². The number of anilines is 1. The molecule has 1 heterocycles. The van der Waals surface area contributed by atoms with Gasteiger partial charge in [0.05, 0.1) is 5.69 Å². The number of carboxylic acids is 1. The summed E-state index contributed by atoms with van der Waals surface area (Å²) in [6, 6.07) is 11.8. The molecule has 1 aliphatic heterocycles.